The molecule has 0 amide bonds. The van der Waals surface area contributed by atoms with Gasteiger partial charge in [0.1, 0.15) is 5.75 Å². The van der Waals surface area contributed by atoms with Crippen molar-refractivity contribution in [1.29, 1.82) is 0 Å². The van der Waals surface area contributed by atoms with Gasteiger partial charge in [-0.3, -0.25) is 0 Å². The molecule has 0 unspecified atom stereocenters. The Kier molecular flexibility index (Phi) is 5.25. The minimum atomic E-state index is -1.15. The molecule has 0 aliphatic heterocycles. The SMILES string of the molecule is O=C(O)/C(Oc1ccc2ccccc2c1)=C(\Nc1ccccc1)c1ccccc1. The van der Waals surface area contributed by atoms with E-state index in [0.717, 1.165) is 22.0 Å². The Morgan fingerprint density at radius 1 is 0.724 bits per heavy atom. The summed E-state index contributed by atoms with van der Waals surface area (Å²) in [6, 6.07) is 32.1. The van der Waals surface area contributed by atoms with Gasteiger partial charge in [-0.2, -0.15) is 0 Å². The van der Waals surface area contributed by atoms with Crippen LogP contribution in [0, 0.1) is 0 Å². The molecule has 0 saturated heterocycles. The Bertz CT molecular complexity index is 1170. The van der Waals surface area contributed by atoms with Gasteiger partial charge in [0, 0.05) is 11.3 Å². The highest BCUT2D eigenvalue weighted by molar-refractivity contribution is 5.97. The third-order valence-corrected chi connectivity index (χ3v) is 4.47. The Labute approximate surface area is 168 Å². The number of ether oxygens (including phenoxy) is 1. The minimum Gasteiger partial charge on any atom is -0.475 e. The topological polar surface area (TPSA) is 58.6 Å². The number of rotatable bonds is 6. The van der Waals surface area contributed by atoms with Crippen LogP contribution in [-0.4, -0.2) is 11.1 Å². The summed E-state index contributed by atoms with van der Waals surface area (Å²) in [7, 11) is 0. The van der Waals surface area contributed by atoms with Crippen LogP contribution >= 0.6 is 0 Å². The van der Waals surface area contributed by atoms with Gasteiger partial charge >= 0.3 is 5.97 Å². The number of carboxylic acids is 1. The standard InChI is InChI=1S/C25H19NO3/c27-25(28)24(29-22-16-15-18-9-7-8-12-20(18)17-22)23(19-10-3-1-4-11-19)26-21-13-5-2-6-14-21/h1-17,26H,(H,27,28)/b24-23+. The molecule has 142 valence electrons. The predicted octanol–water partition coefficient (Wildman–Crippen LogP) is 5.78. The van der Waals surface area contributed by atoms with Crippen molar-refractivity contribution in [2.45, 2.75) is 0 Å². The van der Waals surface area contributed by atoms with E-state index in [2.05, 4.69) is 5.32 Å². The van der Waals surface area contributed by atoms with Crippen molar-refractivity contribution >= 4 is 28.1 Å². The molecule has 0 aliphatic carbocycles. The van der Waals surface area contributed by atoms with Crippen LogP contribution in [0.25, 0.3) is 16.5 Å². The maximum Gasteiger partial charge on any atom is 0.374 e. The fraction of sp³-hybridized carbons (Fsp3) is 0. The fourth-order valence-electron chi connectivity index (χ4n) is 3.08. The molecule has 0 fully saturated rings. The Morgan fingerprint density at radius 2 is 1.34 bits per heavy atom. The van der Waals surface area contributed by atoms with Gasteiger partial charge in [-0.25, -0.2) is 4.79 Å². The molecule has 4 aromatic rings. The average molecular weight is 381 g/mol. The third-order valence-electron chi connectivity index (χ3n) is 4.47. The van der Waals surface area contributed by atoms with E-state index in [1.165, 1.54) is 0 Å². The first-order valence-electron chi connectivity index (χ1n) is 9.22. The lowest BCUT2D eigenvalue weighted by atomic mass is 10.1. The monoisotopic (exact) mass is 381 g/mol. The molecule has 0 spiro atoms. The van der Waals surface area contributed by atoms with E-state index in [1.807, 2.05) is 97.1 Å². The molecular formula is C25H19NO3. The first kappa shape index (κ1) is 18.3. The van der Waals surface area contributed by atoms with Crippen molar-refractivity contribution in [2.75, 3.05) is 5.32 Å². The van der Waals surface area contributed by atoms with Gasteiger partial charge in [-0.1, -0.05) is 78.9 Å². The van der Waals surface area contributed by atoms with E-state index in [1.54, 1.807) is 6.07 Å². The number of carboxylic acid groups (broad SMARTS) is 1. The molecule has 4 nitrogen and oxygen atoms in total. The highest BCUT2D eigenvalue weighted by atomic mass is 16.5. The van der Waals surface area contributed by atoms with Crippen molar-refractivity contribution in [3.63, 3.8) is 0 Å². The lowest BCUT2D eigenvalue weighted by Crippen LogP contribution is -2.15. The summed E-state index contributed by atoms with van der Waals surface area (Å²) < 4.78 is 5.89. The predicted molar refractivity (Wildman–Crippen MR) is 116 cm³/mol. The minimum absolute atomic E-state index is 0.171. The number of para-hydroxylation sites is 1. The van der Waals surface area contributed by atoms with Crippen molar-refractivity contribution in [3.8, 4) is 5.75 Å². The summed E-state index contributed by atoms with van der Waals surface area (Å²) in [6.45, 7) is 0. The molecule has 2 N–H and O–H groups in total. The molecular weight excluding hydrogens is 362 g/mol. The van der Waals surface area contributed by atoms with E-state index in [-0.39, 0.29) is 5.76 Å². The molecule has 0 saturated carbocycles. The number of hydrogen-bond acceptors (Lipinski definition) is 3. The molecule has 4 heteroatoms. The summed E-state index contributed by atoms with van der Waals surface area (Å²) in [4.78, 5) is 12.1. The van der Waals surface area contributed by atoms with Crippen molar-refractivity contribution in [3.05, 3.63) is 114 Å². The first-order chi connectivity index (χ1) is 14.2. The maximum atomic E-state index is 12.1. The quantitative estimate of drug-likeness (QED) is 0.328. The number of benzene rings is 4. The van der Waals surface area contributed by atoms with Crippen LogP contribution in [0.4, 0.5) is 5.69 Å². The normalized spacial score (nSPS) is 11.6. The van der Waals surface area contributed by atoms with Crippen LogP contribution < -0.4 is 10.1 Å². The van der Waals surface area contributed by atoms with E-state index in [4.69, 9.17) is 4.74 Å². The molecule has 29 heavy (non-hydrogen) atoms. The lowest BCUT2D eigenvalue weighted by Gasteiger charge is -2.16. The summed E-state index contributed by atoms with van der Waals surface area (Å²) in [5, 5.41) is 15.2. The van der Waals surface area contributed by atoms with Crippen LogP contribution in [0.1, 0.15) is 5.56 Å². The van der Waals surface area contributed by atoms with E-state index < -0.39 is 5.97 Å². The third kappa shape index (κ3) is 4.28. The van der Waals surface area contributed by atoms with Gasteiger partial charge in [-0.05, 0) is 35.0 Å². The molecule has 0 heterocycles. The first-order valence-corrected chi connectivity index (χ1v) is 9.22. The lowest BCUT2D eigenvalue weighted by molar-refractivity contribution is -0.134. The fourth-order valence-corrected chi connectivity index (χ4v) is 3.08. The number of nitrogens with one attached hydrogen (secondary N) is 1. The Balaban J connectivity index is 1.80. The summed E-state index contributed by atoms with van der Waals surface area (Å²) >= 11 is 0. The Hall–Kier alpha value is -4.05. The highest BCUT2D eigenvalue weighted by Crippen LogP contribution is 2.27. The van der Waals surface area contributed by atoms with Crippen LogP contribution in [-0.2, 0) is 4.79 Å². The van der Waals surface area contributed by atoms with Crippen LogP contribution in [0.3, 0.4) is 0 Å². The van der Waals surface area contributed by atoms with Crippen LogP contribution in [0.5, 0.6) is 5.75 Å². The van der Waals surface area contributed by atoms with Gasteiger partial charge < -0.3 is 15.2 Å². The number of fused-ring (bicyclic) bond motifs is 1. The second-order valence-electron chi connectivity index (χ2n) is 6.48. The van der Waals surface area contributed by atoms with E-state index >= 15 is 0 Å². The van der Waals surface area contributed by atoms with E-state index in [9.17, 15) is 9.90 Å². The van der Waals surface area contributed by atoms with Gasteiger partial charge in [0.05, 0.1) is 5.70 Å². The van der Waals surface area contributed by atoms with Gasteiger partial charge in [0.25, 0.3) is 0 Å². The average Bonchev–Trinajstić information content (AvgIpc) is 2.77. The smallest absolute Gasteiger partial charge is 0.374 e. The summed E-state index contributed by atoms with van der Waals surface area (Å²) in [5.74, 6) is -0.861. The molecule has 0 atom stereocenters. The zero-order chi connectivity index (χ0) is 20.1. The maximum absolute atomic E-state index is 12.1. The summed E-state index contributed by atoms with van der Waals surface area (Å²) in [5.41, 5.74) is 1.87. The van der Waals surface area contributed by atoms with Crippen LogP contribution in [0.2, 0.25) is 0 Å². The molecule has 0 aromatic heterocycles. The van der Waals surface area contributed by atoms with Crippen molar-refractivity contribution in [2.24, 2.45) is 0 Å². The van der Waals surface area contributed by atoms with E-state index in [0.29, 0.717) is 11.4 Å². The van der Waals surface area contributed by atoms with Crippen molar-refractivity contribution < 1.29 is 14.6 Å². The zero-order valence-corrected chi connectivity index (χ0v) is 15.6. The highest BCUT2D eigenvalue weighted by Gasteiger charge is 2.20. The second-order valence-corrected chi connectivity index (χ2v) is 6.48. The van der Waals surface area contributed by atoms with Gasteiger partial charge in [-0.15, -0.1) is 0 Å². The van der Waals surface area contributed by atoms with Crippen LogP contribution in [0.15, 0.2) is 109 Å². The second kappa shape index (κ2) is 8.31. The summed E-state index contributed by atoms with van der Waals surface area (Å²) in [6.07, 6.45) is 0. The number of aliphatic carboxylic acids is 1. The van der Waals surface area contributed by atoms with Gasteiger partial charge in [0.15, 0.2) is 0 Å². The largest absolute Gasteiger partial charge is 0.475 e. The molecule has 4 rings (SSSR count). The molecule has 0 bridgehead atoms. The number of hydrogen-bond donors (Lipinski definition) is 2. The number of carbonyl (C=O) groups is 1. The molecule has 0 radical (unpaired) electrons. The van der Waals surface area contributed by atoms with Gasteiger partial charge in [0.2, 0.25) is 5.76 Å². The Morgan fingerprint density at radius 3 is 2.03 bits per heavy atom. The van der Waals surface area contributed by atoms with Crippen molar-refractivity contribution in [1.82, 2.24) is 0 Å². The zero-order valence-electron chi connectivity index (χ0n) is 15.6. The number of anilines is 1. The molecule has 0 aliphatic rings. The molecule has 4 aromatic carbocycles.